The second-order valence-electron chi connectivity index (χ2n) is 8.48. The highest BCUT2D eigenvalue weighted by Gasteiger charge is 2.46. The summed E-state index contributed by atoms with van der Waals surface area (Å²) >= 11 is 0. The van der Waals surface area contributed by atoms with Gasteiger partial charge in [-0.05, 0) is 47.9 Å². The molecule has 1 saturated carbocycles. The average molecular weight is 387 g/mol. The van der Waals surface area contributed by atoms with Crippen LogP contribution in [-0.4, -0.2) is 15.7 Å². The zero-order valence-electron chi connectivity index (χ0n) is 16.4. The Hall–Kier alpha value is -2.95. The molecule has 1 amide bonds. The van der Waals surface area contributed by atoms with E-state index in [4.69, 9.17) is 0 Å². The topological polar surface area (TPSA) is 64.0 Å². The van der Waals surface area contributed by atoms with E-state index in [9.17, 15) is 9.59 Å². The molecule has 148 valence electrons. The van der Waals surface area contributed by atoms with Crippen LogP contribution in [0.25, 0.3) is 10.9 Å². The molecular formula is C24H25N3O2. The van der Waals surface area contributed by atoms with Crippen LogP contribution in [0.3, 0.4) is 0 Å². The van der Waals surface area contributed by atoms with E-state index in [1.54, 1.807) is 10.7 Å². The smallest absolute Gasteiger partial charge is 0.242 e. The van der Waals surface area contributed by atoms with Crippen molar-refractivity contribution in [1.29, 1.82) is 0 Å². The van der Waals surface area contributed by atoms with Crippen molar-refractivity contribution in [2.24, 2.45) is 5.41 Å². The third-order valence-electron chi connectivity index (χ3n) is 6.73. The lowest BCUT2D eigenvalue weighted by Gasteiger charge is -2.39. The van der Waals surface area contributed by atoms with Gasteiger partial charge in [-0.1, -0.05) is 55.7 Å². The molecule has 1 unspecified atom stereocenters. The first-order valence-electron chi connectivity index (χ1n) is 10.5. The van der Waals surface area contributed by atoms with E-state index in [0.717, 1.165) is 19.3 Å². The molecule has 5 nitrogen and oxygen atoms in total. The number of carbonyl (C=O) groups excluding carboxylic acids is 1. The second-order valence-corrected chi connectivity index (χ2v) is 8.48. The highest BCUT2D eigenvalue weighted by molar-refractivity contribution is 5.81. The first-order chi connectivity index (χ1) is 14.2. The molecule has 0 aliphatic heterocycles. The standard InChI is InChI=1S/C24H25N3O2/c28-21-15-25-27(20-11-5-4-10-19(20)21)16-22(29)26-23-18-9-3-2-8-17(18)14-24(23)12-6-1-7-13-24/h2-5,8-11,15,23H,1,6-7,12-14,16H2,(H,26,29). The van der Waals surface area contributed by atoms with Gasteiger partial charge in [-0.15, -0.1) is 0 Å². The number of benzene rings is 2. The van der Waals surface area contributed by atoms with Crippen molar-refractivity contribution >= 4 is 16.8 Å². The van der Waals surface area contributed by atoms with Crippen molar-refractivity contribution in [2.75, 3.05) is 0 Å². The lowest BCUT2D eigenvalue weighted by Crippen LogP contribution is -2.41. The Bertz CT molecular complexity index is 1130. The minimum Gasteiger partial charge on any atom is -0.347 e. The molecule has 0 bridgehead atoms. The highest BCUT2D eigenvalue weighted by atomic mass is 16.2. The first kappa shape index (κ1) is 18.1. The van der Waals surface area contributed by atoms with Crippen LogP contribution in [0, 0.1) is 5.41 Å². The van der Waals surface area contributed by atoms with Gasteiger partial charge in [0.1, 0.15) is 6.54 Å². The summed E-state index contributed by atoms with van der Waals surface area (Å²) in [6.07, 6.45) is 8.40. The van der Waals surface area contributed by atoms with Gasteiger partial charge in [0.15, 0.2) is 0 Å². The largest absolute Gasteiger partial charge is 0.347 e. The van der Waals surface area contributed by atoms with Crippen LogP contribution in [-0.2, 0) is 17.8 Å². The van der Waals surface area contributed by atoms with Crippen LogP contribution < -0.4 is 10.7 Å². The van der Waals surface area contributed by atoms with Gasteiger partial charge in [0.25, 0.3) is 0 Å². The molecule has 1 aromatic heterocycles. The van der Waals surface area contributed by atoms with E-state index < -0.39 is 0 Å². The third kappa shape index (κ3) is 3.15. The van der Waals surface area contributed by atoms with E-state index >= 15 is 0 Å². The minimum absolute atomic E-state index is 0.0529. The van der Waals surface area contributed by atoms with Gasteiger partial charge in [0.05, 0.1) is 17.8 Å². The summed E-state index contributed by atoms with van der Waals surface area (Å²) < 4.78 is 1.63. The Labute approximate surface area is 169 Å². The summed E-state index contributed by atoms with van der Waals surface area (Å²) in [6, 6.07) is 15.9. The Morgan fingerprint density at radius 1 is 1.07 bits per heavy atom. The highest BCUT2D eigenvalue weighted by Crippen LogP contribution is 2.53. The number of hydrogen-bond acceptors (Lipinski definition) is 3. The molecule has 1 spiro atoms. The zero-order chi connectivity index (χ0) is 19.8. The van der Waals surface area contributed by atoms with Crippen molar-refractivity contribution in [3.05, 3.63) is 76.1 Å². The maximum atomic E-state index is 13.1. The summed E-state index contributed by atoms with van der Waals surface area (Å²) in [5, 5.41) is 8.15. The molecule has 2 aliphatic rings. The van der Waals surface area contributed by atoms with Crippen LogP contribution in [0.2, 0.25) is 0 Å². The van der Waals surface area contributed by atoms with Crippen molar-refractivity contribution in [1.82, 2.24) is 15.1 Å². The molecule has 1 atom stereocenters. The summed E-state index contributed by atoms with van der Waals surface area (Å²) in [6.45, 7) is 0.107. The van der Waals surface area contributed by atoms with Gasteiger partial charge in [-0.2, -0.15) is 5.10 Å². The first-order valence-corrected chi connectivity index (χ1v) is 10.5. The van der Waals surface area contributed by atoms with Crippen molar-refractivity contribution < 1.29 is 4.79 Å². The Morgan fingerprint density at radius 2 is 1.83 bits per heavy atom. The number of nitrogens with one attached hydrogen (secondary N) is 1. The Balaban J connectivity index is 1.44. The number of hydrogen-bond donors (Lipinski definition) is 1. The molecule has 0 saturated heterocycles. The molecule has 3 aromatic rings. The molecule has 2 aromatic carbocycles. The van der Waals surface area contributed by atoms with Crippen molar-refractivity contribution in [3.63, 3.8) is 0 Å². The lowest BCUT2D eigenvalue weighted by molar-refractivity contribution is -0.123. The zero-order valence-corrected chi connectivity index (χ0v) is 16.4. The van der Waals surface area contributed by atoms with E-state index in [0.29, 0.717) is 10.9 Å². The van der Waals surface area contributed by atoms with Crippen molar-refractivity contribution in [3.8, 4) is 0 Å². The minimum atomic E-state index is -0.122. The lowest BCUT2D eigenvalue weighted by atomic mass is 9.69. The van der Waals surface area contributed by atoms with Gasteiger partial charge in [-0.25, -0.2) is 0 Å². The number of nitrogens with zero attached hydrogens (tertiary/aromatic N) is 2. The molecule has 1 heterocycles. The van der Waals surface area contributed by atoms with Gasteiger partial charge in [0.2, 0.25) is 11.3 Å². The predicted octanol–water partition coefficient (Wildman–Crippen LogP) is 3.76. The quantitative estimate of drug-likeness (QED) is 0.744. The molecule has 5 heteroatoms. The Morgan fingerprint density at radius 3 is 2.69 bits per heavy atom. The molecule has 0 radical (unpaired) electrons. The fraction of sp³-hybridized carbons (Fsp3) is 0.375. The average Bonchev–Trinajstić information content (AvgIpc) is 3.03. The summed E-state index contributed by atoms with van der Waals surface area (Å²) in [5.74, 6) is -0.0575. The molecule has 1 N–H and O–H groups in total. The van der Waals surface area contributed by atoms with Gasteiger partial charge in [-0.3, -0.25) is 14.3 Å². The number of amides is 1. The third-order valence-corrected chi connectivity index (χ3v) is 6.73. The fourth-order valence-corrected chi connectivity index (χ4v) is 5.37. The van der Waals surface area contributed by atoms with Gasteiger partial charge in [0, 0.05) is 5.39 Å². The van der Waals surface area contributed by atoms with Gasteiger partial charge >= 0.3 is 0 Å². The molecule has 1 fully saturated rings. The number of fused-ring (bicyclic) bond motifs is 2. The van der Waals surface area contributed by atoms with Crippen LogP contribution in [0.15, 0.2) is 59.5 Å². The van der Waals surface area contributed by atoms with E-state index in [-0.39, 0.29) is 29.3 Å². The molecular weight excluding hydrogens is 362 g/mol. The van der Waals surface area contributed by atoms with E-state index in [1.165, 1.54) is 36.6 Å². The SMILES string of the molecule is O=C(Cn1ncc(=O)c2ccccc21)NC1c2ccccc2CC12CCCCC2. The normalized spacial score (nSPS) is 19.9. The maximum Gasteiger partial charge on any atom is 0.242 e. The summed E-state index contributed by atoms with van der Waals surface area (Å²) in [7, 11) is 0. The number of para-hydroxylation sites is 1. The second kappa shape index (κ2) is 7.14. The summed E-state index contributed by atoms with van der Waals surface area (Å²) in [5.41, 5.74) is 3.33. The molecule has 5 rings (SSSR count). The van der Waals surface area contributed by atoms with E-state index in [1.807, 2.05) is 18.2 Å². The number of aromatic nitrogens is 2. The van der Waals surface area contributed by atoms with E-state index in [2.05, 4.69) is 34.7 Å². The van der Waals surface area contributed by atoms with Crippen LogP contribution in [0.5, 0.6) is 0 Å². The van der Waals surface area contributed by atoms with Crippen LogP contribution in [0.4, 0.5) is 0 Å². The maximum absolute atomic E-state index is 13.1. The molecule has 2 aliphatic carbocycles. The fourth-order valence-electron chi connectivity index (χ4n) is 5.37. The molecule has 29 heavy (non-hydrogen) atoms. The monoisotopic (exact) mass is 387 g/mol. The van der Waals surface area contributed by atoms with Crippen LogP contribution in [0.1, 0.15) is 49.3 Å². The Kier molecular flexibility index (Phi) is 4.46. The van der Waals surface area contributed by atoms with Crippen molar-refractivity contribution in [2.45, 2.75) is 51.1 Å². The summed E-state index contributed by atoms with van der Waals surface area (Å²) in [4.78, 5) is 25.1. The van der Waals surface area contributed by atoms with Crippen LogP contribution >= 0.6 is 0 Å². The predicted molar refractivity (Wildman–Crippen MR) is 113 cm³/mol. The van der Waals surface area contributed by atoms with Gasteiger partial charge < -0.3 is 5.32 Å². The number of carbonyl (C=O) groups is 1. The number of rotatable bonds is 3.